The van der Waals surface area contributed by atoms with Gasteiger partial charge in [-0.3, -0.25) is 0 Å². The predicted molar refractivity (Wildman–Crippen MR) is 233 cm³/mol. The van der Waals surface area contributed by atoms with Crippen LogP contribution >= 0.6 is 73.4 Å². The highest BCUT2D eigenvalue weighted by atomic mass is 79.9. The van der Waals surface area contributed by atoms with Gasteiger partial charge in [0.05, 0.1) is 21.4 Å². The van der Waals surface area contributed by atoms with Crippen molar-refractivity contribution in [3.05, 3.63) is 127 Å². The summed E-state index contributed by atoms with van der Waals surface area (Å²) in [6.07, 6.45) is 0. The Balaban J connectivity index is 0.000000172. The summed E-state index contributed by atoms with van der Waals surface area (Å²) in [4.78, 5) is 14.0. The van der Waals surface area contributed by atoms with E-state index in [-0.39, 0.29) is 19.8 Å². The fourth-order valence-corrected chi connectivity index (χ4v) is 12.3. The first kappa shape index (κ1) is 41.1. The average Bonchev–Trinajstić information content (AvgIpc) is 3.91. The Hall–Kier alpha value is -3.09. The number of aromatic nitrogens is 2. The molecule has 0 aliphatic carbocycles. The third-order valence-corrected chi connectivity index (χ3v) is 16.5. The van der Waals surface area contributed by atoms with Crippen LogP contribution in [0.15, 0.2) is 122 Å². The van der Waals surface area contributed by atoms with E-state index in [0.29, 0.717) is 57.4 Å². The Bertz CT molecular complexity index is 2520. The molecule has 2 aromatic heterocycles. The van der Waals surface area contributed by atoms with Crippen molar-refractivity contribution in [3.63, 3.8) is 0 Å². The van der Waals surface area contributed by atoms with Crippen molar-refractivity contribution in [3.8, 4) is 22.5 Å². The topological polar surface area (TPSA) is 107 Å². The second-order valence-electron chi connectivity index (χ2n) is 12.7. The molecular formula is C38H34BrCl3N6O4S4. The maximum Gasteiger partial charge on any atom is 0.244 e. The standard InChI is InChI=1S/C19H17BrClN3O2S2.C19H17Cl2N3O2S2/c20-15-5-3-4-14(12-15)17-13-27-19(22-17)23-8-10-24(11-9-23)28(25,26)18-7-2-1-6-16(18)21;20-15-7-5-14(6-8-15)17-13-27-19(22-17)23-9-11-24(12-10-23)28(25,26)18-4-2-1-3-16(18)21/h1-7,12-13H,8-11H2;1-8,13H,9-12H2. The number of sulfonamides is 2. The fourth-order valence-electron chi connectivity index (χ4n) is 6.18. The van der Waals surface area contributed by atoms with E-state index in [0.717, 1.165) is 37.3 Å². The normalized spacial score (nSPS) is 15.7. The second-order valence-corrected chi connectivity index (χ2v) is 20.3. The van der Waals surface area contributed by atoms with Crippen molar-refractivity contribution in [2.45, 2.75) is 9.79 Å². The Morgan fingerprint density at radius 3 is 1.43 bits per heavy atom. The molecule has 6 aromatic rings. The fraction of sp³-hybridized carbons (Fsp3) is 0.211. The van der Waals surface area contributed by atoms with Gasteiger partial charge in [-0.2, -0.15) is 8.61 Å². The van der Waals surface area contributed by atoms with Crippen LogP contribution in [0, 0.1) is 0 Å². The van der Waals surface area contributed by atoms with Crippen LogP contribution in [0.2, 0.25) is 15.1 Å². The van der Waals surface area contributed by atoms with Gasteiger partial charge in [-0.15, -0.1) is 22.7 Å². The summed E-state index contributed by atoms with van der Waals surface area (Å²) in [6, 6.07) is 28.7. The first-order chi connectivity index (χ1) is 26.9. The molecule has 0 radical (unpaired) electrons. The monoisotopic (exact) mass is 950 g/mol. The number of thiazole rings is 2. The van der Waals surface area contributed by atoms with Crippen LogP contribution in [0.5, 0.6) is 0 Å². The van der Waals surface area contributed by atoms with E-state index in [9.17, 15) is 16.8 Å². The molecule has 2 aliphatic rings. The van der Waals surface area contributed by atoms with Gasteiger partial charge in [0.15, 0.2) is 10.3 Å². The summed E-state index contributed by atoms with van der Waals surface area (Å²) in [5.41, 5.74) is 3.87. The number of hydrogen-bond donors (Lipinski definition) is 0. The molecule has 18 heteroatoms. The summed E-state index contributed by atoms with van der Waals surface area (Å²) < 4.78 is 55.5. The molecule has 0 unspecified atom stereocenters. The molecule has 0 amide bonds. The first-order valence-corrected chi connectivity index (χ1v) is 23.9. The van der Waals surface area contributed by atoms with E-state index in [1.54, 1.807) is 71.2 Å². The highest BCUT2D eigenvalue weighted by molar-refractivity contribution is 9.10. The molecule has 2 aliphatic heterocycles. The summed E-state index contributed by atoms with van der Waals surface area (Å²) in [5, 5.41) is 7.02. The first-order valence-electron chi connectivity index (χ1n) is 17.3. The maximum atomic E-state index is 12.9. The van der Waals surface area contributed by atoms with Gasteiger partial charge >= 0.3 is 0 Å². The Kier molecular flexibility index (Phi) is 13.1. The van der Waals surface area contributed by atoms with Crippen molar-refractivity contribution < 1.29 is 16.8 Å². The van der Waals surface area contributed by atoms with Crippen molar-refractivity contribution >= 4 is 104 Å². The quantitative estimate of drug-likeness (QED) is 0.149. The van der Waals surface area contributed by atoms with Gasteiger partial charge in [0.25, 0.3) is 0 Å². The van der Waals surface area contributed by atoms with Crippen molar-refractivity contribution in [2.24, 2.45) is 0 Å². The largest absolute Gasteiger partial charge is 0.345 e. The lowest BCUT2D eigenvalue weighted by atomic mass is 10.2. The molecule has 0 spiro atoms. The van der Waals surface area contributed by atoms with Crippen LogP contribution < -0.4 is 9.80 Å². The Morgan fingerprint density at radius 2 is 0.982 bits per heavy atom. The zero-order chi connectivity index (χ0) is 39.5. The number of rotatable bonds is 8. The van der Waals surface area contributed by atoms with Crippen LogP contribution in [-0.4, -0.2) is 87.8 Å². The maximum absolute atomic E-state index is 12.9. The van der Waals surface area contributed by atoms with E-state index in [4.69, 9.17) is 44.8 Å². The predicted octanol–water partition coefficient (Wildman–Crippen LogP) is 9.36. The number of anilines is 2. The Morgan fingerprint density at radius 1 is 0.536 bits per heavy atom. The third-order valence-electron chi connectivity index (χ3n) is 9.17. The lowest BCUT2D eigenvalue weighted by molar-refractivity contribution is 0.384. The average molecular weight is 953 g/mol. The lowest BCUT2D eigenvalue weighted by Gasteiger charge is -2.33. The van der Waals surface area contributed by atoms with E-state index >= 15 is 0 Å². The van der Waals surface area contributed by atoms with Crippen LogP contribution in [0.4, 0.5) is 10.3 Å². The van der Waals surface area contributed by atoms with Crippen LogP contribution in [0.3, 0.4) is 0 Å². The van der Waals surface area contributed by atoms with Gasteiger partial charge in [0, 0.05) is 83.7 Å². The molecule has 56 heavy (non-hydrogen) atoms. The minimum absolute atomic E-state index is 0.157. The second kappa shape index (κ2) is 17.8. The van der Waals surface area contributed by atoms with Gasteiger partial charge in [0.2, 0.25) is 20.0 Å². The van der Waals surface area contributed by atoms with Crippen molar-refractivity contribution in [1.29, 1.82) is 0 Å². The van der Waals surface area contributed by atoms with E-state index < -0.39 is 20.0 Å². The number of halogens is 4. The van der Waals surface area contributed by atoms with Crippen molar-refractivity contribution in [1.82, 2.24) is 18.6 Å². The Labute approximate surface area is 358 Å². The SMILES string of the molecule is O=S(=O)(c1ccccc1Cl)N1CCN(c2nc(-c3ccc(Cl)cc3)cs2)CC1.O=S(=O)(c1ccccc1Cl)N1CCN(c2nc(-c3cccc(Br)c3)cs2)CC1. The molecule has 0 N–H and O–H groups in total. The van der Waals surface area contributed by atoms with Gasteiger partial charge in [0.1, 0.15) is 9.79 Å². The molecule has 292 valence electrons. The highest BCUT2D eigenvalue weighted by Crippen LogP contribution is 2.33. The molecule has 0 saturated carbocycles. The van der Waals surface area contributed by atoms with Gasteiger partial charge in [-0.1, -0.05) is 99.3 Å². The molecule has 8 rings (SSSR count). The zero-order valence-electron chi connectivity index (χ0n) is 29.5. The molecule has 4 aromatic carbocycles. The molecule has 4 heterocycles. The number of hydrogen-bond acceptors (Lipinski definition) is 10. The minimum atomic E-state index is -3.59. The number of benzene rings is 4. The minimum Gasteiger partial charge on any atom is -0.345 e. The van der Waals surface area contributed by atoms with Crippen LogP contribution in [0.25, 0.3) is 22.5 Å². The van der Waals surface area contributed by atoms with Crippen molar-refractivity contribution in [2.75, 3.05) is 62.2 Å². The van der Waals surface area contributed by atoms with E-state index in [1.165, 1.54) is 8.61 Å². The van der Waals surface area contributed by atoms with Gasteiger partial charge < -0.3 is 9.80 Å². The summed E-state index contributed by atoms with van der Waals surface area (Å²) in [7, 11) is -7.18. The van der Waals surface area contributed by atoms with E-state index in [2.05, 4.69) is 25.7 Å². The van der Waals surface area contributed by atoms with Crippen LogP contribution in [0.1, 0.15) is 0 Å². The van der Waals surface area contributed by atoms with Gasteiger partial charge in [-0.25, -0.2) is 26.8 Å². The highest BCUT2D eigenvalue weighted by Gasteiger charge is 2.32. The number of piperazine rings is 2. The van der Waals surface area contributed by atoms with Gasteiger partial charge in [-0.05, 0) is 48.5 Å². The third kappa shape index (κ3) is 9.28. The molecule has 0 bridgehead atoms. The molecule has 10 nitrogen and oxygen atoms in total. The molecule has 2 saturated heterocycles. The zero-order valence-corrected chi connectivity index (χ0v) is 36.6. The molecule has 2 fully saturated rings. The lowest BCUT2D eigenvalue weighted by Crippen LogP contribution is -2.48. The summed E-state index contributed by atoms with van der Waals surface area (Å²) in [6.45, 7) is 3.93. The molecule has 0 atom stereocenters. The van der Waals surface area contributed by atoms with E-state index in [1.807, 2.05) is 59.3 Å². The summed E-state index contributed by atoms with van der Waals surface area (Å²) >= 11 is 24.7. The number of nitrogens with zero attached hydrogens (tertiary/aromatic N) is 6. The summed E-state index contributed by atoms with van der Waals surface area (Å²) in [5.74, 6) is 0. The van der Waals surface area contributed by atoms with Crippen LogP contribution in [-0.2, 0) is 20.0 Å². The smallest absolute Gasteiger partial charge is 0.244 e. The molecular weight excluding hydrogens is 919 g/mol.